The van der Waals surface area contributed by atoms with Gasteiger partial charge < -0.3 is 10.6 Å². The van der Waals surface area contributed by atoms with Crippen molar-refractivity contribution < 1.29 is 4.79 Å². The number of rotatable bonds is 6. The van der Waals surface area contributed by atoms with Gasteiger partial charge in [0.25, 0.3) is 0 Å². The first kappa shape index (κ1) is 15.5. The molecule has 1 saturated carbocycles. The second-order valence-corrected chi connectivity index (χ2v) is 6.40. The summed E-state index contributed by atoms with van der Waals surface area (Å²) in [6, 6.07) is 0. The van der Waals surface area contributed by atoms with Crippen LogP contribution >= 0.6 is 0 Å². The second-order valence-electron chi connectivity index (χ2n) is 6.40. The van der Waals surface area contributed by atoms with E-state index in [2.05, 4.69) is 13.8 Å². The molecule has 1 atom stereocenters. The highest BCUT2D eigenvalue weighted by Gasteiger charge is 2.38. The maximum Gasteiger partial charge on any atom is 0.225 e. The second kappa shape index (κ2) is 7.13. The molecule has 0 aromatic carbocycles. The number of nitrogens with two attached hydrogens (primary N) is 1. The fourth-order valence-corrected chi connectivity index (χ4v) is 3.00. The van der Waals surface area contributed by atoms with Crippen LogP contribution in [-0.2, 0) is 4.79 Å². The number of nitrogens with zero attached hydrogens (tertiary/aromatic N) is 1. The van der Waals surface area contributed by atoms with Gasteiger partial charge in [0.15, 0.2) is 0 Å². The Labute approximate surface area is 112 Å². The molecule has 0 aliphatic heterocycles. The molecule has 106 valence electrons. The van der Waals surface area contributed by atoms with Gasteiger partial charge in [-0.05, 0) is 37.6 Å². The summed E-state index contributed by atoms with van der Waals surface area (Å²) < 4.78 is 0. The van der Waals surface area contributed by atoms with Crippen LogP contribution in [0.5, 0.6) is 0 Å². The van der Waals surface area contributed by atoms with E-state index in [-0.39, 0.29) is 11.3 Å². The molecule has 1 rings (SSSR count). The molecule has 3 heteroatoms. The Hall–Kier alpha value is -0.570. The van der Waals surface area contributed by atoms with Crippen LogP contribution in [0.15, 0.2) is 0 Å². The van der Waals surface area contributed by atoms with E-state index in [1.54, 1.807) is 0 Å². The monoisotopic (exact) mass is 254 g/mol. The molecule has 0 spiro atoms. The van der Waals surface area contributed by atoms with Crippen molar-refractivity contribution in [2.45, 2.75) is 58.8 Å². The van der Waals surface area contributed by atoms with Crippen molar-refractivity contribution in [2.24, 2.45) is 17.1 Å². The summed E-state index contributed by atoms with van der Waals surface area (Å²) >= 11 is 0. The number of hydrogen-bond donors (Lipinski definition) is 1. The van der Waals surface area contributed by atoms with Crippen LogP contribution in [0.2, 0.25) is 0 Å². The first-order chi connectivity index (χ1) is 8.49. The molecule has 0 aromatic heterocycles. The van der Waals surface area contributed by atoms with Crippen LogP contribution in [0.1, 0.15) is 58.8 Å². The van der Waals surface area contributed by atoms with Gasteiger partial charge in [0.1, 0.15) is 0 Å². The summed E-state index contributed by atoms with van der Waals surface area (Å²) in [5.41, 5.74) is 5.66. The Morgan fingerprint density at radius 1 is 1.28 bits per heavy atom. The molecule has 0 bridgehead atoms. The minimum absolute atomic E-state index is 0.181. The van der Waals surface area contributed by atoms with Gasteiger partial charge in [0, 0.05) is 19.5 Å². The van der Waals surface area contributed by atoms with Crippen LogP contribution in [0.4, 0.5) is 0 Å². The van der Waals surface area contributed by atoms with Gasteiger partial charge in [-0.15, -0.1) is 0 Å². The van der Waals surface area contributed by atoms with E-state index in [0.717, 1.165) is 38.8 Å². The molecular formula is C15H30N2O. The van der Waals surface area contributed by atoms with Crippen molar-refractivity contribution in [3.63, 3.8) is 0 Å². The maximum atomic E-state index is 12.5. The number of carbonyl (C=O) groups is 1. The molecule has 3 nitrogen and oxygen atoms in total. The van der Waals surface area contributed by atoms with Crippen LogP contribution in [0.3, 0.4) is 0 Å². The molecule has 1 unspecified atom stereocenters. The van der Waals surface area contributed by atoms with E-state index in [4.69, 9.17) is 5.73 Å². The normalized spacial score (nSPS) is 22.8. The third kappa shape index (κ3) is 4.27. The topological polar surface area (TPSA) is 46.3 Å². The van der Waals surface area contributed by atoms with Crippen molar-refractivity contribution >= 4 is 5.91 Å². The van der Waals surface area contributed by atoms with Gasteiger partial charge in [-0.2, -0.15) is 0 Å². The lowest BCUT2D eigenvalue weighted by Crippen LogP contribution is -2.42. The fraction of sp³-hybridized carbons (Fsp3) is 0.933. The molecule has 1 fully saturated rings. The van der Waals surface area contributed by atoms with Crippen LogP contribution in [-0.4, -0.2) is 30.9 Å². The summed E-state index contributed by atoms with van der Waals surface area (Å²) in [7, 11) is 1.95. The van der Waals surface area contributed by atoms with Crippen molar-refractivity contribution in [1.29, 1.82) is 0 Å². The zero-order valence-electron chi connectivity index (χ0n) is 12.4. The molecule has 1 aliphatic rings. The lowest BCUT2D eigenvalue weighted by molar-refractivity contribution is -0.139. The Bertz CT molecular complexity index is 263. The minimum atomic E-state index is 0.181. The Morgan fingerprint density at radius 3 is 2.61 bits per heavy atom. The molecular weight excluding hydrogens is 224 g/mol. The Kier molecular flexibility index (Phi) is 6.13. The van der Waals surface area contributed by atoms with Gasteiger partial charge in [-0.3, -0.25) is 4.79 Å². The molecule has 1 aliphatic carbocycles. The highest BCUT2D eigenvalue weighted by atomic mass is 16.2. The lowest BCUT2D eigenvalue weighted by atomic mass is 9.68. The van der Waals surface area contributed by atoms with E-state index in [1.165, 1.54) is 19.3 Å². The summed E-state index contributed by atoms with van der Waals surface area (Å²) in [6.07, 6.45) is 8.01. The van der Waals surface area contributed by atoms with Gasteiger partial charge in [-0.25, -0.2) is 0 Å². The number of carbonyl (C=O) groups excluding carboxylic acids is 1. The van der Waals surface area contributed by atoms with Crippen LogP contribution in [0, 0.1) is 11.3 Å². The first-order valence-electron chi connectivity index (χ1n) is 7.44. The molecule has 0 aromatic rings. The third-order valence-corrected chi connectivity index (χ3v) is 4.38. The van der Waals surface area contributed by atoms with Gasteiger partial charge in [0.05, 0.1) is 0 Å². The summed E-state index contributed by atoms with van der Waals surface area (Å²) in [4.78, 5) is 14.4. The molecule has 1 amide bonds. The molecule has 0 heterocycles. The van der Waals surface area contributed by atoms with Gasteiger partial charge >= 0.3 is 0 Å². The van der Waals surface area contributed by atoms with Crippen molar-refractivity contribution in [3.8, 4) is 0 Å². The minimum Gasteiger partial charge on any atom is -0.346 e. The zero-order valence-corrected chi connectivity index (χ0v) is 12.4. The maximum absolute atomic E-state index is 12.5. The Morgan fingerprint density at radius 2 is 2.00 bits per heavy atom. The van der Waals surface area contributed by atoms with E-state index in [9.17, 15) is 4.79 Å². The first-order valence-corrected chi connectivity index (χ1v) is 7.44. The van der Waals surface area contributed by atoms with Crippen molar-refractivity contribution in [2.75, 3.05) is 20.1 Å². The van der Waals surface area contributed by atoms with Crippen LogP contribution < -0.4 is 5.73 Å². The average Bonchev–Trinajstić information content (AvgIpc) is 2.33. The molecule has 2 N–H and O–H groups in total. The van der Waals surface area contributed by atoms with E-state index in [1.807, 2.05) is 11.9 Å². The third-order valence-electron chi connectivity index (χ3n) is 4.38. The molecule has 0 radical (unpaired) electrons. The molecule has 0 saturated heterocycles. The zero-order chi connectivity index (χ0) is 13.6. The Balaban J connectivity index is 2.42. The summed E-state index contributed by atoms with van der Waals surface area (Å²) in [6.45, 7) is 6.13. The highest BCUT2D eigenvalue weighted by Crippen LogP contribution is 2.41. The lowest BCUT2D eigenvalue weighted by Gasteiger charge is -2.39. The number of amides is 1. The number of hydrogen-bond acceptors (Lipinski definition) is 2. The van der Waals surface area contributed by atoms with Crippen molar-refractivity contribution in [3.05, 3.63) is 0 Å². The fourth-order valence-electron chi connectivity index (χ4n) is 3.00. The largest absolute Gasteiger partial charge is 0.346 e. The summed E-state index contributed by atoms with van der Waals surface area (Å²) in [5.74, 6) is 0.582. The van der Waals surface area contributed by atoms with Gasteiger partial charge in [0.2, 0.25) is 5.91 Å². The highest BCUT2D eigenvalue weighted by molar-refractivity contribution is 5.79. The van der Waals surface area contributed by atoms with Gasteiger partial charge in [-0.1, -0.05) is 33.1 Å². The van der Waals surface area contributed by atoms with E-state index >= 15 is 0 Å². The average molecular weight is 254 g/mol. The molecule has 18 heavy (non-hydrogen) atoms. The quantitative estimate of drug-likeness (QED) is 0.741. The number of unbranched alkanes of at least 4 members (excludes halogenated alkanes) is 2. The SMILES string of the molecule is CN(CCCCCN)C(=O)C1CCCCC1(C)C. The predicted molar refractivity (Wildman–Crippen MR) is 76.3 cm³/mol. The van der Waals surface area contributed by atoms with E-state index < -0.39 is 0 Å². The predicted octanol–water partition coefficient (Wildman–Crippen LogP) is 2.79. The smallest absolute Gasteiger partial charge is 0.225 e. The summed E-state index contributed by atoms with van der Waals surface area (Å²) in [5, 5.41) is 0. The van der Waals surface area contributed by atoms with E-state index in [0.29, 0.717) is 5.91 Å². The van der Waals surface area contributed by atoms with Crippen molar-refractivity contribution in [1.82, 2.24) is 4.90 Å². The van der Waals surface area contributed by atoms with Crippen LogP contribution in [0.25, 0.3) is 0 Å². The standard InChI is InChI=1S/C15H30N2O/c1-15(2)10-6-5-9-13(15)14(18)17(3)12-8-4-7-11-16/h13H,4-12,16H2,1-3H3.